The zero-order valence-electron chi connectivity index (χ0n) is 11.0. The first-order valence-corrected chi connectivity index (χ1v) is 6.68. The van der Waals surface area contributed by atoms with Crippen LogP contribution in [-0.4, -0.2) is 21.2 Å². The van der Waals surface area contributed by atoms with Crippen molar-refractivity contribution in [2.24, 2.45) is 5.92 Å². The molecule has 0 spiro atoms. The van der Waals surface area contributed by atoms with Gasteiger partial charge in [-0.2, -0.15) is 4.98 Å². The minimum absolute atomic E-state index is 0.0352. The highest BCUT2D eigenvalue weighted by atomic mass is 35.5. The molecule has 2 rings (SSSR count). The number of aliphatic carboxylic acids is 1. The maximum Gasteiger partial charge on any atom is 0.303 e. The molecule has 106 valence electrons. The lowest BCUT2D eigenvalue weighted by Gasteiger charge is -2.03. The molecule has 0 saturated heterocycles. The maximum absolute atomic E-state index is 10.6. The standard InChI is InChI=1S/C14H15ClN2O3/c1-9(6-14(18)19)5-13-16-12(17-20-13)8-10-3-2-4-11(15)7-10/h2-4,7,9H,5-6,8H2,1H3,(H,18,19). The highest BCUT2D eigenvalue weighted by Gasteiger charge is 2.14. The third-order valence-corrected chi connectivity index (χ3v) is 3.04. The second-order valence-electron chi connectivity index (χ2n) is 4.82. The fourth-order valence-electron chi connectivity index (χ4n) is 1.94. The molecule has 0 aliphatic rings. The topological polar surface area (TPSA) is 76.2 Å². The lowest BCUT2D eigenvalue weighted by atomic mass is 10.0. The third-order valence-electron chi connectivity index (χ3n) is 2.81. The molecule has 1 aromatic carbocycles. The van der Waals surface area contributed by atoms with Crippen LogP contribution in [0.15, 0.2) is 28.8 Å². The van der Waals surface area contributed by atoms with Gasteiger partial charge in [-0.05, 0) is 23.6 Å². The summed E-state index contributed by atoms with van der Waals surface area (Å²) in [6.07, 6.45) is 1.10. The number of halogens is 1. The number of aromatic nitrogens is 2. The van der Waals surface area contributed by atoms with Crippen LogP contribution >= 0.6 is 11.6 Å². The summed E-state index contributed by atoms with van der Waals surface area (Å²) in [5, 5.41) is 13.3. The lowest BCUT2D eigenvalue weighted by molar-refractivity contribution is -0.137. The van der Waals surface area contributed by atoms with E-state index in [1.165, 1.54) is 0 Å². The second-order valence-corrected chi connectivity index (χ2v) is 5.25. The summed E-state index contributed by atoms with van der Waals surface area (Å²) in [5.41, 5.74) is 1.00. The third kappa shape index (κ3) is 4.35. The molecule has 5 nitrogen and oxygen atoms in total. The molecule has 0 aliphatic heterocycles. The van der Waals surface area contributed by atoms with Crippen molar-refractivity contribution in [3.8, 4) is 0 Å². The minimum Gasteiger partial charge on any atom is -0.481 e. The van der Waals surface area contributed by atoms with Gasteiger partial charge in [0.1, 0.15) is 0 Å². The van der Waals surface area contributed by atoms with Crippen molar-refractivity contribution in [3.63, 3.8) is 0 Å². The fourth-order valence-corrected chi connectivity index (χ4v) is 2.16. The average molecular weight is 295 g/mol. The van der Waals surface area contributed by atoms with Crippen molar-refractivity contribution < 1.29 is 14.4 Å². The zero-order chi connectivity index (χ0) is 14.5. The van der Waals surface area contributed by atoms with E-state index in [1.807, 2.05) is 25.1 Å². The number of carboxylic acid groups (broad SMARTS) is 1. The second kappa shape index (κ2) is 6.52. The van der Waals surface area contributed by atoms with Crippen LogP contribution in [0, 0.1) is 5.92 Å². The largest absolute Gasteiger partial charge is 0.481 e. The summed E-state index contributed by atoms with van der Waals surface area (Å²) in [6.45, 7) is 1.84. The Hall–Kier alpha value is -1.88. The molecular weight excluding hydrogens is 280 g/mol. The van der Waals surface area contributed by atoms with E-state index in [9.17, 15) is 4.79 Å². The molecule has 0 saturated carbocycles. The molecule has 0 amide bonds. The van der Waals surface area contributed by atoms with Gasteiger partial charge >= 0.3 is 5.97 Å². The van der Waals surface area contributed by atoms with Gasteiger partial charge in [0, 0.05) is 24.3 Å². The van der Waals surface area contributed by atoms with Crippen LogP contribution < -0.4 is 0 Å². The summed E-state index contributed by atoms with van der Waals surface area (Å²) in [6, 6.07) is 7.47. The molecule has 1 unspecified atom stereocenters. The summed E-state index contributed by atoms with van der Waals surface area (Å²) in [4.78, 5) is 14.9. The van der Waals surface area contributed by atoms with Gasteiger partial charge in [-0.3, -0.25) is 4.79 Å². The van der Waals surface area contributed by atoms with E-state index in [0.717, 1.165) is 5.56 Å². The van der Waals surface area contributed by atoms with E-state index in [1.54, 1.807) is 6.07 Å². The van der Waals surface area contributed by atoms with Crippen molar-refractivity contribution in [3.05, 3.63) is 46.6 Å². The highest BCUT2D eigenvalue weighted by molar-refractivity contribution is 6.30. The minimum atomic E-state index is -0.823. The van der Waals surface area contributed by atoms with E-state index in [2.05, 4.69) is 10.1 Å². The van der Waals surface area contributed by atoms with E-state index in [-0.39, 0.29) is 12.3 Å². The van der Waals surface area contributed by atoms with Crippen LogP contribution in [0.4, 0.5) is 0 Å². The van der Waals surface area contributed by atoms with Crippen LogP contribution in [0.1, 0.15) is 30.6 Å². The summed E-state index contributed by atoms with van der Waals surface area (Å²) in [5.74, 6) is 0.184. The molecule has 1 atom stereocenters. The van der Waals surface area contributed by atoms with Crippen molar-refractivity contribution in [2.75, 3.05) is 0 Å². The Kier molecular flexibility index (Phi) is 4.74. The van der Waals surface area contributed by atoms with Crippen LogP contribution in [0.2, 0.25) is 5.02 Å². The molecule has 0 fully saturated rings. The molecule has 1 aromatic heterocycles. The number of carbonyl (C=O) groups is 1. The first-order chi connectivity index (χ1) is 9.52. The zero-order valence-corrected chi connectivity index (χ0v) is 11.8. The van der Waals surface area contributed by atoms with E-state index < -0.39 is 5.97 Å². The Morgan fingerprint density at radius 3 is 3.00 bits per heavy atom. The molecule has 0 bridgehead atoms. The molecule has 20 heavy (non-hydrogen) atoms. The average Bonchev–Trinajstić information content (AvgIpc) is 2.75. The van der Waals surface area contributed by atoms with Crippen LogP contribution in [-0.2, 0) is 17.6 Å². The normalized spacial score (nSPS) is 12.3. The maximum atomic E-state index is 10.6. The first kappa shape index (κ1) is 14.5. The van der Waals surface area contributed by atoms with Crippen molar-refractivity contribution in [1.82, 2.24) is 10.1 Å². The van der Waals surface area contributed by atoms with Crippen molar-refractivity contribution >= 4 is 17.6 Å². The van der Waals surface area contributed by atoms with Crippen LogP contribution in [0.25, 0.3) is 0 Å². The number of carboxylic acids is 1. The number of nitrogens with zero attached hydrogens (tertiary/aromatic N) is 2. The van der Waals surface area contributed by atoms with Gasteiger partial charge in [0.2, 0.25) is 5.89 Å². The number of benzene rings is 1. The summed E-state index contributed by atoms with van der Waals surface area (Å²) < 4.78 is 5.13. The number of rotatable bonds is 6. The molecule has 1 N–H and O–H groups in total. The van der Waals surface area contributed by atoms with Crippen molar-refractivity contribution in [2.45, 2.75) is 26.2 Å². The van der Waals surface area contributed by atoms with Crippen LogP contribution in [0.3, 0.4) is 0 Å². The SMILES string of the molecule is CC(CC(=O)O)Cc1nc(Cc2cccc(Cl)c2)no1. The van der Waals surface area contributed by atoms with Gasteiger partial charge in [-0.1, -0.05) is 35.8 Å². The molecular formula is C14H15ClN2O3. The van der Waals surface area contributed by atoms with Gasteiger partial charge in [0.25, 0.3) is 0 Å². The predicted molar refractivity (Wildman–Crippen MR) is 73.7 cm³/mol. The molecule has 6 heteroatoms. The number of hydrogen-bond donors (Lipinski definition) is 1. The molecule has 2 aromatic rings. The van der Waals surface area contributed by atoms with Gasteiger partial charge in [0.15, 0.2) is 5.82 Å². The Labute approximate surface area is 121 Å². The molecule has 1 heterocycles. The van der Waals surface area contributed by atoms with Gasteiger partial charge in [-0.25, -0.2) is 0 Å². The Bertz CT molecular complexity index is 598. The van der Waals surface area contributed by atoms with E-state index >= 15 is 0 Å². The van der Waals surface area contributed by atoms with Gasteiger partial charge in [0.05, 0.1) is 0 Å². The summed E-state index contributed by atoms with van der Waals surface area (Å²) >= 11 is 5.91. The smallest absolute Gasteiger partial charge is 0.303 e. The monoisotopic (exact) mass is 294 g/mol. The molecule has 0 radical (unpaired) electrons. The Balaban J connectivity index is 1.97. The Morgan fingerprint density at radius 1 is 1.50 bits per heavy atom. The van der Waals surface area contributed by atoms with E-state index in [0.29, 0.717) is 29.6 Å². The molecule has 0 aliphatic carbocycles. The van der Waals surface area contributed by atoms with Gasteiger partial charge in [-0.15, -0.1) is 0 Å². The lowest BCUT2D eigenvalue weighted by Crippen LogP contribution is -2.07. The highest BCUT2D eigenvalue weighted by Crippen LogP contribution is 2.15. The first-order valence-electron chi connectivity index (χ1n) is 6.30. The fraction of sp³-hybridized carbons (Fsp3) is 0.357. The van der Waals surface area contributed by atoms with Gasteiger partial charge < -0.3 is 9.63 Å². The van der Waals surface area contributed by atoms with Crippen molar-refractivity contribution in [1.29, 1.82) is 0 Å². The Morgan fingerprint density at radius 2 is 2.30 bits per heavy atom. The quantitative estimate of drug-likeness (QED) is 0.886. The number of hydrogen-bond acceptors (Lipinski definition) is 4. The summed E-state index contributed by atoms with van der Waals surface area (Å²) in [7, 11) is 0. The predicted octanol–water partition coefficient (Wildman–Crippen LogP) is 2.97. The van der Waals surface area contributed by atoms with Crippen LogP contribution in [0.5, 0.6) is 0 Å². The van der Waals surface area contributed by atoms with E-state index in [4.69, 9.17) is 21.2 Å².